The molecule has 1 saturated heterocycles. The minimum absolute atomic E-state index is 0.0457. The Balaban J connectivity index is 1.15. The van der Waals surface area contributed by atoms with Gasteiger partial charge in [-0.1, -0.05) is 139 Å². The van der Waals surface area contributed by atoms with Crippen LogP contribution in [0.3, 0.4) is 0 Å². The monoisotopic (exact) mass is 1070 g/mol. The molecule has 2 aliphatic heterocycles. The topological polar surface area (TPSA) is 201 Å². The number of likely N-dealkylation sites (N-methyl/N-ethyl adjacent to an activating group) is 2. The molecule has 2 heterocycles. The van der Waals surface area contributed by atoms with Crippen molar-refractivity contribution in [3.05, 3.63) is 142 Å². The van der Waals surface area contributed by atoms with Gasteiger partial charge in [0.05, 0.1) is 24.2 Å². The van der Waals surface area contributed by atoms with Crippen LogP contribution in [-0.2, 0) is 54.7 Å². The number of hydrogen-bond donors (Lipinski definition) is 6. The van der Waals surface area contributed by atoms with Crippen molar-refractivity contribution in [2.24, 2.45) is 10.8 Å². The van der Waals surface area contributed by atoms with E-state index in [9.17, 15) is 24.0 Å². The minimum Gasteiger partial charge on any atom is -0.347 e. The third-order valence-corrected chi connectivity index (χ3v) is 16.0. The fourth-order valence-electron chi connectivity index (χ4n) is 11.1. The third kappa shape index (κ3) is 13.7. The fraction of sp³-hybridized carbons (Fsp3) is 0.500. The SMILES string of the molecule is CC[C@@H](c1ccccc1)N(Cc1ccc(C(=O)N[C@H]2C[C@@H](C(=O)N[C@@H]3CCCc4ccccc43)N(C(=O)[C@@H](NC(=O)[C@H](C)NC)C(C)(C)C)C2)cc1)C(=O)[C@@H]1Cc2ccccc2CN1C(=O)[C@@H](NC(=O)[C@H](C)NC)C(C)(C)C. The predicted molar refractivity (Wildman–Crippen MR) is 302 cm³/mol. The largest absolute Gasteiger partial charge is 0.347 e. The van der Waals surface area contributed by atoms with Crippen LogP contribution in [0.5, 0.6) is 0 Å². The van der Waals surface area contributed by atoms with Crippen molar-refractivity contribution in [1.29, 1.82) is 0 Å². The third-order valence-electron chi connectivity index (χ3n) is 16.0. The molecular formula is C62H83N9O7. The molecule has 0 unspecified atom stereocenters. The first-order valence-corrected chi connectivity index (χ1v) is 27.8. The number of nitrogens with one attached hydrogen (secondary N) is 6. The maximum atomic E-state index is 15.6. The van der Waals surface area contributed by atoms with Crippen molar-refractivity contribution in [2.45, 2.75) is 168 Å². The van der Waals surface area contributed by atoms with Gasteiger partial charge in [0.25, 0.3) is 5.91 Å². The number of rotatable bonds is 18. The summed E-state index contributed by atoms with van der Waals surface area (Å²) in [6, 6.07) is 26.8. The first-order chi connectivity index (χ1) is 37.0. The quantitative estimate of drug-likeness (QED) is 0.0663. The smallest absolute Gasteiger partial charge is 0.251 e. The van der Waals surface area contributed by atoms with E-state index in [4.69, 9.17) is 0 Å². The summed E-state index contributed by atoms with van der Waals surface area (Å²) in [5.74, 6) is -2.37. The summed E-state index contributed by atoms with van der Waals surface area (Å²) >= 11 is 0. The Hall–Kier alpha value is -6.91. The van der Waals surface area contributed by atoms with Gasteiger partial charge in [-0.25, -0.2) is 0 Å². The van der Waals surface area contributed by atoms with Crippen LogP contribution in [0.1, 0.15) is 144 Å². The normalized spacial score (nSPS) is 20.1. The number of aryl methyl sites for hydroxylation is 1. The molecule has 0 bridgehead atoms. The Bertz CT molecular complexity index is 2790. The minimum atomic E-state index is -0.966. The number of likely N-dealkylation sites (tertiary alicyclic amines) is 1. The van der Waals surface area contributed by atoms with Crippen LogP contribution in [0.25, 0.3) is 0 Å². The summed E-state index contributed by atoms with van der Waals surface area (Å²) in [7, 11) is 3.36. The van der Waals surface area contributed by atoms with E-state index in [1.807, 2.05) is 138 Å². The van der Waals surface area contributed by atoms with Crippen LogP contribution in [-0.4, -0.2) is 119 Å². The van der Waals surface area contributed by atoms with E-state index in [1.54, 1.807) is 45.0 Å². The van der Waals surface area contributed by atoms with Crippen molar-refractivity contribution in [3.63, 3.8) is 0 Å². The highest BCUT2D eigenvalue weighted by Crippen LogP contribution is 2.35. The van der Waals surface area contributed by atoms with Crippen molar-refractivity contribution in [1.82, 2.24) is 46.6 Å². The average molecular weight is 1070 g/mol. The summed E-state index contributed by atoms with van der Waals surface area (Å²) < 4.78 is 0. The van der Waals surface area contributed by atoms with Gasteiger partial charge >= 0.3 is 0 Å². The van der Waals surface area contributed by atoms with Gasteiger partial charge in [0.15, 0.2) is 0 Å². The van der Waals surface area contributed by atoms with Crippen molar-refractivity contribution in [2.75, 3.05) is 20.6 Å². The zero-order chi connectivity index (χ0) is 56.6. The van der Waals surface area contributed by atoms with Gasteiger partial charge in [-0.2, -0.15) is 0 Å². The Labute approximate surface area is 461 Å². The number of benzene rings is 4. The van der Waals surface area contributed by atoms with Gasteiger partial charge in [-0.15, -0.1) is 0 Å². The molecule has 6 N–H and O–H groups in total. The molecule has 9 atom stereocenters. The van der Waals surface area contributed by atoms with E-state index in [0.29, 0.717) is 12.0 Å². The summed E-state index contributed by atoms with van der Waals surface area (Å²) in [6.45, 7) is 17.2. The van der Waals surface area contributed by atoms with Crippen molar-refractivity contribution in [3.8, 4) is 0 Å². The van der Waals surface area contributed by atoms with E-state index in [-0.39, 0.29) is 74.1 Å². The molecule has 16 heteroatoms. The highest BCUT2D eigenvalue weighted by atomic mass is 16.2. The van der Waals surface area contributed by atoms with Crippen molar-refractivity contribution >= 4 is 41.4 Å². The molecule has 3 aliphatic rings. The second kappa shape index (κ2) is 25.3. The standard InChI is InChI=1S/C62H83N9O7/c1-12-49(42-22-14-13-15-23-42)69(58(76)51-33-44-24-16-17-25-45(44)36-70(51)59(77)52(61(4,5)6)67-54(72)38(2)63-10)35-40-29-31-43(32-30-40)56(74)65-46-34-50(57(75)66-48-28-20-26-41-21-18-19-27-47(41)48)71(37-46)60(78)53(62(7,8)9)68-55(73)39(3)64-11/h13-19,21-25,27,29-32,38-39,46,48-53,63-64H,12,20,26,28,33-37H2,1-11H3,(H,65,74)(H,66,75)(H,67,72)(H,68,73)/t38-,39-,46-,48+,49-,50-,51-,52+,53+/m0/s1. The predicted octanol–water partition coefficient (Wildman–Crippen LogP) is 6.29. The van der Waals surface area contributed by atoms with Gasteiger partial charge in [0.1, 0.15) is 24.2 Å². The number of carbonyl (C=O) groups excluding carboxylic acids is 7. The molecule has 4 aromatic rings. The second-order valence-electron chi connectivity index (χ2n) is 23.7. The molecule has 418 valence electrons. The number of hydrogen-bond acceptors (Lipinski definition) is 9. The first kappa shape index (κ1) is 58.8. The molecule has 0 aromatic heterocycles. The molecule has 0 spiro atoms. The maximum Gasteiger partial charge on any atom is 0.251 e. The van der Waals surface area contributed by atoms with Gasteiger partial charge in [-0.05, 0) is 116 Å². The Morgan fingerprint density at radius 2 is 1.21 bits per heavy atom. The van der Waals surface area contributed by atoms with Gasteiger partial charge in [-0.3, -0.25) is 33.6 Å². The molecule has 1 fully saturated rings. The highest BCUT2D eigenvalue weighted by Gasteiger charge is 2.47. The summed E-state index contributed by atoms with van der Waals surface area (Å²) in [5, 5.41) is 18.2. The van der Waals surface area contributed by atoms with Gasteiger partial charge < -0.3 is 46.6 Å². The lowest BCUT2D eigenvalue weighted by atomic mass is 9.84. The van der Waals surface area contributed by atoms with Crippen LogP contribution in [0, 0.1) is 10.8 Å². The second-order valence-corrected chi connectivity index (χ2v) is 23.7. The number of nitrogens with zero attached hydrogens (tertiary/aromatic N) is 3. The van der Waals surface area contributed by atoms with Crippen molar-refractivity contribution < 1.29 is 33.6 Å². The molecule has 78 heavy (non-hydrogen) atoms. The molecule has 0 saturated carbocycles. The van der Waals surface area contributed by atoms with Gasteiger partial charge in [0.2, 0.25) is 35.4 Å². The lowest BCUT2D eigenvalue weighted by Gasteiger charge is -2.44. The number of carbonyl (C=O) groups is 7. The number of amides is 7. The van der Waals surface area contributed by atoms with E-state index in [1.165, 1.54) is 10.5 Å². The van der Waals surface area contributed by atoms with E-state index < -0.39 is 64.9 Å². The van der Waals surface area contributed by atoms with E-state index in [2.05, 4.69) is 38.0 Å². The molecule has 7 amide bonds. The van der Waals surface area contributed by atoms with Gasteiger partial charge in [0, 0.05) is 37.7 Å². The highest BCUT2D eigenvalue weighted by molar-refractivity contribution is 5.97. The fourth-order valence-corrected chi connectivity index (χ4v) is 11.1. The summed E-state index contributed by atoms with van der Waals surface area (Å²) in [5.41, 5.74) is 4.77. The lowest BCUT2D eigenvalue weighted by Crippen LogP contribution is -2.62. The zero-order valence-corrected chi connectivity index (χ0v) is 47.6. The average Bonchev–Trinajstić information content (AvgIpc) is 3.86. The molecule has 1 aliphatic carbocycles. The number of fused-ring (bicyclic) bond motifs is 2. The molecule has 16 nitrogen and oxygen atoms in total. The van der Waals surface area contributed by atoms with Crippen LogP contribution in [0.15, 0.2) is 103 Å². The Morgan fingerprint density at radius 1 is 0.654 bits per heavy atom. The zero-order valence-electron chi connectivity index (χ0n) is 47.6. The van der Waals surface area contributed by atoms with Crippen LogP contribution in [0.4, 0.5) is 0 Å². The van der Waals surface area contributed by atoms with E-state index >= 15 is 9.59 Å². The Morgan fingerprint density at radius 3 is 1.78 bits per heavy atom. The van der Waals surface area contributed by atoms with Crippen LogP contribution < -0.4 is 31.9 Å². The summed E-state index contributed by atoms with van der Waals surface area (Å²) in [4.78, 5) is 106. The summed E-state index contributed by atoms with van der Waals surface area (Å²) in [6.07, 6.45) is 3.58. The van der Waals surface area contributed by atoms with E-state index in [0.717, 1.165) is 47.1 Å². The Kier molecular flexibility index (Phi) is 19.0. The molecule has 0 radical (unpaired) electrons. The lowest BCUT2D eigenvalue weighted by molar-refractivity contribution is -0.152. The first-order valence-electron chi connectivity index (χ1n) is 27.8. The van der Waals surface area contributed by atoms with Crippen LogP contribution >= 0.6 is 0 Å². The molecule has 7 rings (SSSR count). The maximum absolute atomic E-state index is 15.6. The van der Waals surface area contributed by atoms with Crippen LogP contribution in [0.2, 0.25) is 0 Å². The molecule has 4 aromatic carbocycles. The molecular weight excluding hydrogens is 983 g/mol.